The Labute approximate surface area is 144 Å². The van der Waals surface area contributed by atoms with Crippen molar-refractivity contribution in [2.75, 3.05) is 57.4 Å². The molecule has 3 rings (SSSR count). The minimum Gasteiger partial charge on any atom is -0.378 e. The summed E-state index contributed by atoms with van der Waals surface area (Å²) in [7, 11) is 0. The first-order valence-electron chi connectivity index (χ1n) is 7.87. The fourth-order valence-corrected chi connectivity index (χ4v) is 3.17. The molecule has 0 aromatic heterocycles. The second-order valence-electron chi connectivity index (χ2n) is 5.75. The maximum absolute atomic E-state index is 12.5. The van der Waals surface area contributed by atoms with Crippen LogP contribution in [0, 0.1) is 10.1 Å². The average molecular weight is 355 g/mol. The summed E-state index contributed by atoms with van der Waals surface area (Å²) in [6, 6.07) is 4.69. The van der Waals surface area contributed by atoms with Gasteiger partial charge in [-0.1, -0.05) is 11.6 Å². The van der Waals surface area contributed by atoms with Crippen LogP contribution in [0.4, 0.5) is 16.2 Å². The average Bonchev–Trinajstić information content (AvgIpc) is 2.62. The zero-order valence-corrected chi connectivity index (χ0v) is 13.9. The number of morpholine rings is 1. The highest BCUT2D eigenvalue weighted by Gasteiger charge is 2.28. The van der Waals surface area contributed by atoms with Crippen LogP contribution in [0.1, 0.15) is 0 Å². The summed E-state index contributed by atoms with van der Waals surface area (Å²) in [6.45, 7) is 4.55. The van der Waals surface area contributed by atoms with E-state index in [1.54, 1.807) is 21.9 Å². The van der Waals surface area contributed by atoms with E-state index in [1.807, 2.05) is 4.90 Å². The highest BCUT2D eigenvalue weighted by atomic mass is 35.5. The van der Waals surface area contributed by atoms with E-state index in [4.69, 9.17) is 16.3 Å². The lowest BCUT2D eigenvalue weighted by Gasteiger charge is -2.39. The molecule has 1 aromatic rings. The largest absolute Gasteiger partial charge is 0.378 e. The number of rotatable bonds is 2. The Kier molecular flexibility index (Phi) is 5.06. The lowest BCUT2D eigenvalue weighted by molar-refractivity contribution is -0.384. The molecule has 1 aromatic carbocycles. The number of ether oxygens (including phenoxy) is 1. The second-order valence-corrected chi connectivity index (χ2v) is 6.18. The first kappa shape index (κ1) is 16.8. The topological polar surface area (TPSA) is 79.2 Å². The quantitative estimate of drug-likeness (QED) is 0.598. The predicted octanol–water partition coefficient (Wildman–Crippen LogP) is 1.82. The Morgan fingerprint density at radius 3 is 2.33 bits per heavy atom. The third kappa shape index (κ3) is 3.54. The normalized spacial score (nSPS) is 18.6. The van der Waals surface area contributed by atoms with Crippen molar-refractivity contribution < 1.29 is 14.5 Å². The zero-order valence-electron chi connectivity index (χ0n) is 13.2. The summed E-state index contributed by atoms with van der Waals surface area (Å²) in [5, 5.41) is 11.6. The number of benzene rings is 1. The Bertz CT molecular complexity index is 628. The van der Waals surface area contributed by atoms with Crippen molar-refractivity contribution in [2.24, 2.45) is 0 Å². The maximum Gasteiger partial charge on any atom is 0.320 e. The van der Waals surface area contributed by atoms with E-state index in [0.717, 1.165) is 0 Å². The van der Waals surface area contributed by atoms with Gasteiger partial charge in [0.1, 0.15) is 5.69 Å². The number of anilines is 1. The van der Waals surface area contributed by atoms with Crippen molar-refractivity contribution >= 4 is 29.0 Å². The van der Waals surface area contributed by atoms with Gasteiger partial charge in [0, 0.05) is 50.4 Å². The summed E-state index contributed by atoms with van der Waals surface area (Å²) in [5.41, 5.74) is 0.540. The Morgan fingerprint density at radius 2 is 1.71 bits per heavy atom. The molecule has 0 N–H and O–H groups in total. The van der Waals surface area contributed by atoms with Crippen molar-refractivity contribution in [3.63, 3.8) is 0 Å². The van der Waals surface area contributed by atoms with Gasteiger partial charge in [0.2, 0.25) is 0 Å². The van der Waals surface area contributed by atoms with E-state index in [-0.39, 0.29) is 11.7 Å². The Hall–Kier alpha value is -2.06. The van der Waals surface area contributed by atoms with Gasteiger partial charge in [-0.25, -0.2) is 4.79 Å². The number of hydrogen-bond acceptors (Lipinski definition) is 5. The van der Waals surface area contributed by atoms with Gasteiger partial charge in [-0.05, 0) is 12.1 Å². The third-order valence-electron chi connectivity index (χ3n) is 4.31. The van der Waals surface area contributed by atoms with Crippen molar-refractivity contribution in [2.45, 2.75) is 0 Å². The number of nitro groups is 1. The molecule has 2 amide bonds. The fourth-order valence-electron chi connectivity index (χ4n) is 3.00. The molecule has 2 aliphatic heterocycles. The SMILES string of the molecule is O=C(N1CCOCC1)N1CCN(c2ccc(Cl)cc2[N+](=O)[O-])CC1. The van der Waals surface area contributed by atoms with Crippen LogP contribution in [-0.4, -0.2) is 73.2 Å². The van der Waals surface area contributed by atoms with Crippen LogP contribution in [0.2, 0.25) is 5.02 Å². The van der Waals surface area contributed by atoms with Gasteiger partial charge in [0.05, 0.1) is 18.1 Å². The summed E-state index contributed by atoms with van der Waals surface area (Å²) >= 11 is 5.86. The number of hydrogen-bond donors (Lipinski definition) is 0. The summed E-state index contributed by atoms with van der Waals surface area (Å²) in [5.74, 6) is 0. The van der Waals surface area contributed by atoms with Gasteiger partial charge in [-0.3, -0.25) is 10.1 Å². The number of nitro benzene ring substituents is 1. The highest BCUT2D eigenvalue weighted by molar-refractivity contribution is 6.30. The highest BCUT2D eigenvalue weighted by Crippen LogP contribution is 2.31. The van der Waals surface area contributed by atoms with Gasteiger partial charge in [0.15, 0.2) is 0 Å². The van der Waals surface area contributed by atoms with E-state index >= 15 is 0 Å². The van der Waals surface area contributed by atoms with Crippen LogP contribution < -0.4 is 4.90 Å². The number of piperazine rings is 1. The number of amides is 2. The van der Waals surface area contributed by atoms with Gasteiger partial charge in [-0.2, -0.15) is 0 Å². The Morgan fingerprint density at radius 1 is 1.08 bits per heavy atom. The summed E-state index contributed by atoms with van der Waals surface area (Å²) in [6.07, 6.45) is 0. The molecule has 0 saturated carbocycles. The van der Waals surface area contributed by atoms with Gasteiger partial charge >= 0.3 is 6.03 Å². The van der Waals surface area contributed by atoms with Crippen LogP contribution in [0.5, 0.6) is 0 Å². The third-order valence-corrected chi connectivity index (χ3v) is 4.54. The molecule has 2 aliphatic rings. The molecule has 24 heavy (non-hydrogen) atoms. The lowest BCUT2D eigenvalue weighted by atomic mass is 10.2. The van der Waals surface area contributed by atoms with E-state index in [0.29, 0.717) is 63.2 Å². The van der Waals surface area contributed by atoms with Crippen molar-refractivity contribution in [1.82, 2.24) is 9.80 Å². The molecule has 0 radical (unpaired) electrons. The van der Waals surface area contributed by atoms with Crippen molar-refractivity contribution in [3.05, 3.63) is 33.3 Å². The molecule has 2 fully saturated rings. The van der Waals surface area contributed by atoms with Crippen LogP contribution in [0.25, 0.3) is 0 Å². The van der Waals surface area contributed by atoms with Crippen molar-refractivity contribution in [1.29, 1.82) is 0 Å². The van der Waals surface area contributed by atoms with Crippen molar-refractivity contribution in [3.8, 4) is 0 Å². The first-order chi connectivity index (χ1) is 11.6. The minimum atomic E-state index is -0.424. The molecule has 9 heteroatoms. The molecule has 130 valence electrons. The van der Waals surface area contributed by atoms with Gasteiger partial charge in [-0.15, -0.1) is 0 Å². The molecule has 0 unspecified atom stereocenters. The molecular weight excluding hydrogens is 336 g/mol. The molecule has 0 spiro atoms. The number of carbonyl (C=O) groups excluding carboxylic acids is 1. The van der Waals surface area contributed by atoms with E-state index in [1.165, 1.54) is 6.07 Å². The zero-order chi connectivity index (χ0) is 17.1. The number of urea groups is 1. The van der Waals surface area contributed by atoms with Gasteiger partial charge in [0.25, 0.3) is 5.69 Å². The van der Waals surface area contributed by atoms with Crippen LogP contribution >= 0.6 is 11.6 Å². The van der Waals surface area contributed by atoms with E-state index < -0.39 is 4.92 Å². The van der Waals surface area contributed by atoms with E-state index in [2.05, 4.69) is 0 Å². The molecule has 2 heterocycles. The molecule has 8 nitrogen and oxygen atoms in total. The first-order valence-corrected chi connectivity index (χ1v) is 8.24. The van der Waals surface area contributed by atoms with Crippen LogP contribution in [0.15, 0.2) is 18.2 Å². The number of carbonyl (C=O) groups is 1. The predicted molar refractivity (Wildman–Crippen MR) is 89.7 cm³/mol. The summed E-state index contributed by atoms with van der Waals surface area (Å²) in [4.78, 5) is 28.8. The molecule has 0 aliphatic carbocycles. The summed E-state index contributed by atoms with van der Waals surface area (Å²) < 4.78 is 5.26. The molecule has 2 saturated heterocycles. The fraction of sp³-hybridized carbons (Fsp3) is 0.533. The monoisotopic (exact) mass is 354 g/mol. The van der Waals surface area contributed by atoms with E-state index in [9.17, 15) is 14.9 Å². The molecule has 0 atom stereocenters. The smallest absolute Gasteiger partial charge is 0.320 e. The van der Waals surface area contributed by atoms with Crippen LogP contribution in [0.3, 0.4) is 0 Å². The second kappa shape index (κ2) is 7.23. The lowest BCUT2D eigenvalue weighted by Crippen LogP contribution is -2.54. The molecule has 0 bridgehead atoms. The molecular formula is C15H19ClN4O4. The Balaban J connectivity index is 1.65. The van der Waals surface area contributed by atoms with Crippen LogP contribution in [-0.2, 0) is 4.74 Å². The number of nitrogens with zero attached hydrogens (tertiary/aromatic N) is 4. The number of halogens is 1. The van der Waals surface area contributed by atoms with Gasteiger partial charge < -0.3 is 19.4 Å². The standard InChI is InChI=1S/C15H19ClN4O4/c16-12-1-2-13(14(11-12)20(22)23)17-3-5-18(6-4-17)15(21)19-7-9-24-10-8-19/h1-2,11H,3-10H2. The minimum absolute atomic E-state index is 0.00421. The maximum atomic E-state index is 12.5.